The Labute approximate surface area is 188 Å². The van der Waals surface area contributed by atoms with Crippen molar-refractivity contribution in [3.05, 3.63) is 58.2 Å². The van der Waals surface area contributed by atoms with Crippen LogP contribution in [-0.4, -0.2) is 56.4 Å². The number of ether oxygens (including phenoxy) is 3. The SMILES string of the molecule is COc1cc(/C=C2\SC(=O)N(CCNC(=O)c3ccc(F)cc3)C2=O)cc(OC)c1OC. The fraction of sp³-hybridized carbons (Fsp3) is 0.227. The van der Waals surface area contributed by atoms with Gasteiger partial charge in [0.25, 0.3) is 17.1 Å². The third-order valence-corrected chi connectivity index (χ3v) is 5.49. The summed E-state index contributed by atoms with van der Waals surface area (Å²) in [6.45, 7) is 0.0654. The van der Waals surface area contributed by atoms with Gasteiger partial charge >= 0.3 is 0 Å². The Balaban J connectivity index is 1.68. The zero-order valence-electron chi connectivity index (χ0n) is 17.6. The lowest BCUT2D eigenvalue weighted by molar-refractivity contribution is -0.122. The van der Waals surface area contributed by atoms with Crippen molar-refractivity contribution < 1.29 is 33.0 Å². The standard InChI is InChI=1S/C22H21FN2O6S/c1-29-16-10-13(11-17(30-2)19(16)31-3)12-18-21(27)25(22(28)32-18)9-8-24-20(26)14-4-6-15(23)7-5-14/h4-7,10-12H,8-9H2,1-3H3,(H,24,26)/b18-12-. The predicted octanol–water partition coefficient (Wildman–Crippen LogP) is 3.32. The number of amides is 3. The number of nitrogens with zero attached hydrogens (tertiary/aromatic N) is 1. The molecule has 0 aliphatic carbocycles. The van der Waals surface area contributed by atoms with Crippen molar-refractivity contribution in [2.24, 2.45) is 0 Å². The van der Waals surface area contributed by atoms with Crippen molar-refractivity contribution in [2.75, 3.05) is 34.4 Å². The smallest absolute Gasteiger partial charge is 0.293 e. The highest BCUT2D eigenvalue weighted by Crippen LogP contribution is 2.40. The van der Waals surface area contributed by atoms with Crippen molar-refractivity contribution >= 4 is 34.9 Å². The predicted molar refractivity (Wildman–Crippen MR) is 118 cm³/mol. The van der Waals surface area contributed by atoms with E-state index in [1.807, 2.05) is 0 Å². The number of nitrogens with one attached hydrogen (secondary N) is 1. The van der Waals surface area contributed by atoms with Crippen LogP contribution >= 0.6 is 11.8 Å². The van der Waals surface area contributed by atoms with Gasteiger partial charge in [-0.25, -0.2) is 4.39 Å². The normalized spacial score (nSPS) is 14.6. The second-order valence-electron chi connectivity index (χ2n) is 6.55. The molecule has 8 nitrogen and oxygen atoms in total. The molecule has 32 heavy (non-hydrogen) atoms. The Morgan fingerprint density at radius 3 is 2.25 bits per heavy atom. The number of imide groups is 1. The Morgan fingerprint density at radius 1 is 1.06 bits per heavy atom. The lowest BCUT2D eigenvalue weighted by Crippen LogP contribution is -2.37. The van der Waals surface area contributed by atoms with Gasteiger partial charge in [0.05, 0.1) is 26.2 Å². The van der Waals surface area contributed by atoms with Crippen molar-refractivity contribution in [3.8, 4) is 17.2 Å². The highest BCUT2D eigenvalue weighted by molar-refractivity contribution is 8.18. The molecule has 168 valence electrons. The first-order valence-electron chi connectivity index (χ1n) is 9.47. The van der Waals surface area contributed by atoms with E-state index in [9.17, 15) is 18.8 Å². The number of thioether (sulfide) groups is 1. The number of methoxy groups -OCH3 is 3. The lowest BCUT2D eigenvalue weighted by atomic mass is 10.1. The molecule has 2 aromatic rings. The summed E-state index contributed by atoms with van der Waals surface area (Å²) >= 11 is 0.802. The lowest BCUT2D eigenvalue weighted by Gasteiger charge is -2.13. The van der Waals surface area contributed by atoms with E-state index in [4.69, 9.17) is 14.2 Å². The molecule has 1 aliphatic rings. The average Bonchev–Trinajstić information content (AvgIpc) is 3.05. The van der Waals surface area contributed by atoms with E-state index in [1.54, 1.807) is 18.2 Å². The van der Waals surface area contributed by atoms with E-state index in [0.717, 1.165) is 16.7 Å². The summed E-state index contributed by atoms with van der Waals surface area (Å²) in [6, 6.07) is 8.39. The fourth-order valence-electron chi connectivity index (χ4n) is 3.01. The van der Waals surface area contributed by atoms with Crippen LogP contribution in [0.3, 0.4) is 0 Å². The molecular weight excluding hydrogens is 439 g/mol. The molecule has 3 rings (SSSR count). The van der Waals surface area contributed by atoms with Crippen LogP contribution in [-0.2, 0) is 4.79 Å². The van der Waals surface area contributed by atoms with Gasteiger partial charge < -0.3 is 19.5 Å². The zero-order valence-corrected chi connectivity index (χ0v) is 18.5. The van der Waals surface area contributed by atoms with Crippen molar-refractivity contribution in [1.82, 2.24) is 10.2 Å². The van der Waals surface area contributed by atoms with Crippen LogP contribution in [0.2, 0.25) is 0 Å². The van der Waals surface area contributed by atoms with E-state index in [0.29, 0.717) is 22.8 Å². The maximum absolute atomic E-state index is 13.0. The van der Waals surface area contributed by atoms with Gasteiger partial charge in [-0.15, -0.1) is 0 Å². The van der Waals surface area contributed by atoms with Crippen LogP contribution in [0.15, 0.2) is 41.3 Å². The molecule has 10 heteroatoms. The Hall–Kier alpha value is -3.53. The van der Waals surface area contributed by atoms with Crippen LogP contribution in [0.1, 0.15) is 15.9 Å². The summed E-state index contributed by atoms with van der Waals surface area (Å²) < 4.78 is 28.9. The molecule has 0 bridgehead atoms. The minimum absolute atomic E-state index is 0.00416. The van der Waals surface area contributed by atoms with Gasteiger partial charge in [0.1, 0.15) is 5.82 Å². The molecule has 0 saturated carbocycles. The van der Waals surface area contributed by atoms with Crippen LogP contribution in [0, 0.1) is 5.82 Å². The zero-order chi connectivity index (χ0) is 23.3. The van der Waals surface area contributed by atoms with Crippen LogP contribution < -0.4 is 19.5 Å². The molecule has 1 heterocycles. The summed E-state index contributed by atoms with van der Waals surface area (Å²) in [5, 5.41) is 2.17. The minimum Gasteiger partial charge on any atom is -0.493 e. The molecule has 1 fully saturated rings. The van der Waals surface area contributed by atoms with E-state index in [-0.39, 0.29) is 23.6 Å². The maximum Gasteiger partial charge on any atom is 0.293 e. The van der Waals surface area contributed by atoms with Crippen molar-refractivity contribution in [1.29, 1.82) is 0 Å². The highest BCUT2D eigenvalue weighted by Gasteiger charge is 2.34. The van der Waals surface area contributed by atoms with E-state index >= 15 is 0 Å². The second-order valence-corrected chi connectivity index (χ2v) is 7.55. The molecule has 0 aromatic heterocycles. The summed E-state index contributed by atoms with van der Waals surface area (Å²) in [6.07, 6.45) is 1.56. The molecule has 2 aromatic carbocycles. The number of hydrogen-bond donors (Lipinski definition) is 1. The first-order chi connectivity index (χ1) is 15.4. The molecular formula is C22H21FN2O6S. The van der Waals surface area contributed by atoms with Gasteiger partial charge in [0, 0.05) is 18.7 Å². The van der Waals surface area contributed by atoms with Crippen LogP contribution in [0.25, 0.3) is 6.08 Å². The highest BCUT2D eigenvalue weighted by atomic mass is 32.2. The molecule has 1 aliphatic heterocycles. The number of halogens is 1. The summed E-state index contributed by atoms with van der Waals surface area (Å²) in [4.78, 5) is 38.4. The van der Waals surface area contributed by atoms with Crippen LogP contribution in [0.4, 0.5) is 9.18 Å². The minimum atomic E-state index is -0.468. The number of carbonyl (C=O) groups excluding carboxylic acids is 3. The first-order valence-corrected chi connectivity index (χ1v) is 10.3. The van der Waals surface area contributed by atoms with Gasteiger partial charge in [-0.3, -0.25) is 19.3 Å². The Bertz CT molecular complexity index is 1050. The number of benzene rings is 2. The number of carbonyl (C=O) groups is 3. The number of rotatable bonds is 8. The summed E-state index contributed by atoms with van der Waals surface area (Å²) in [7, 11) is 4.45. The average molecular weight is 460 g/mol. The van der Waals surface area contributed by atoms with Gasteiger partial charge in [-0.05, 0) is 59.8 Å². The topological polar surface area (TPSA) is 94.2 Å². The Morgan fingerprint density at radius 2 is 1.69 bits per heavy atom. The van der Waals surface area contributed by atoms with Gasteiger partial charge in [-0.2, -0.15) is 0 Å². The van der Waals surface area contributed by atoms with E-state index in [1.165, 1.54) is 45.6 Å². The van der Waals surface area contributed by atoms with Gasteiger partial charge in [0.15, 0.2) is 11.5 Å². The van der Waals surface area contributed by atoms with E-state index < -0.39 is 22.9 Å². The molecule has 0 radical (unpaired) electrons. The second kappa shape index (κ2) is 10.2. The molecule has 0 spiro atoms. The van der Waals surface area contributed by atoms with Crippen LogP contribution in [0.5, 0.6) is 17.2 Å². The maximum atomic E-state index is 13.0. The third-order valence-electron chi connectivity index (χ3n) is 4.59. The number of hydrogen-bond acceptors (Lipinski definition) is 7. The molecule has 0 atom stereocenters. The van der Waals surface area contributed by atoms with Crippen molar-refractivity contribution in [2.45, 2.75) is 0 Å². The monoisotopic (exact) mass is 460 g/mol. The molecule has 1 saturated heterocycles. The van der Waals surface area contributed by atoms with Crippen molar-refractivity contribution in [3.63, 3.8) is 0 Å². The Kier molecular flexibility index (Phi) is 7.37. The third kappa shape index (κ3) is 5.02. The largest absolute Gasteiger partial charge is 0.493 e. The fourth-order valence-corrected chi connectivity index (χ4v) is 3.88. The quantitative estimate of drug-likeness (QED) is 0.604. The van der Waals surface area contributed by atoms with Gasteiger partial charge in [-0.1, -0.05) is 0 Å². The summed E-state index contributed by atoms with van der Waals surface area (Å²) in [5.41, 5.74) is 0.873. The first kappa shape index (κ1) is 23.1. The van der Waals surface area contributed by atoms with Gasteiger partial charge in [0.2, 0.25) is 5.75 Å². The molecule has 3 amide bonds. The van der Waals surface area contributed by atoms with E-state index in [2.05, 4.69) is 5.32 Å². The summed E-state index contributed by atoms with van der Waals surface area (Å²) in [5.74, 6) is -0.0909. The molecule has 0 unspecified atom stereocenters. The molecule has 1 N–H and O–H groups in total.